The lowest BCUT2D eigenvalue weighted by Gasteiger charge is -2.06. The van der Waals surface area contributed by atoms with E-state index in [1.807, 2.05) is 0 Å². The standard InChI is InChI=1S/C17H11F3N2O2/c18-17(19,20)11-5-7-12(8-6-11)22-16-13(15(21)23)9-10-3-1-2-4-14(10)24-16/h1-9H,(H2,21,23). The fourth-order valence-electron chi connectivity index (χ4n) is 2.17. The van der Waals surface area contributed by atoms with Crippen LogP contribution in [0, 0.1) is 0 Å². The smallest absolute Gasteiger partial charge is 0.416 e. The number of para-hydroxylation sites is 1. The highest BCUT2D eigenvalue weighted by Crippen LogP contribution is 2.30. The first kappa shape index (κ1) is 15.8. The van der Waals surface area contributed by atoms with E-state index in [0.717, 1.165) is 12.1 Å². The Labute approximate surface area is 134 Å². The lowest BCUT2D eigenvalue weighted by atomic mass is 10.1. The number of rotatable bonds is 2. The summed E-state index contributed by atoms with van der Waals surface area (Å²) in [6, 6.07) is 12.7. The molecule has 4 nitrogen and oxygen atoms in total. The summed E-state index contributed by atoms with van der Waals surface area (Å²) in [7, 11) is 0. The van der Waals surface area contributed by atoms with Crippen LogP contribution in [0.2, 0.25) is 0 Å². The molecule has 0 saturated carbocycles. The molecule has 0 atom stereocenters. The van der Waals surface area contributed by atoms with E-state index >= 15 is 0 Å². The number of primary amides is 1. The molecule has 0 saturated heterocycles. The molecule has 122 valence electrons. The van der Waals surface area contributed by atoms with E-state index in [-0.39, 0.29) is 16.8 Å². The molecule has 1 amide bonds. The number of amides is 1. The summed E-state index contributed by atoms with van der Waals surface area (Å²) in [5, 5.41) is 0.665. The fourth-order valence-corrected chi connectivity index (χ4v) is 2.17. The minimum Gasteiger partial charge on any atom is -0.438 e. The topological polar surface area (TPSA) is 68.6 Å². The molecule has 0 fully saturated rings. The van der Waals surface area contributed by atoms with Crippen LogP contribution in [0.1, 0.15) is 15.9 Å². The average molecular weight is 332 g/mol. The van der Waals surface area contributed by atoms with Gasteiger partial charge in [-0.2, -0.15) is 13.2 Å². The molecule has 2 N–H and O–H groups in total. The number of alkyl halides is 3. The van der Waals surface area contributed by atoms with Crippen LogP contribution in [0.5, 0.6) is 0 Å². The van der Waals surface area contributed by atoms with Gasteiger partial charge >= 0.3 is 6.18 Å². The van der Waals surface area contributed by atoms with Crippen molar-refractivity contribution in [3.63, 3.8) is 0 Å². The van der Waals surface area contributed by atoms with Crippen LogP contribution >= 0.6 is 0 Å². The van der Waals surface area contributed by atoms with Crippen molar-refractivity contribution in [3.8, 4) is 0 Å². The van der Waals surface area contributed by atoms with Crippen LogP contribution in [0.3, 0.4) is 0 Å². The van der Waals surface area contributed by atoms with Gasteiger partial charge in [-0.05, 0) is 36.4 Å². The minimum atomic E-state index is -4.43. The molecule has 2 aromatic carbocycles. The van der Waals surface area contributed by atoms with Crippen LogP contribution in [-0.2, 0) is 6.18 Å². The second-order valence-electron chi connectivity index (χ2n) is 5.02. The Morgan fingerprint density at radius 3 is 2.33 bits per heavy atom. The van der Waals surface area contributed by atoms with Crippen LogP contribution in [-0.4, -0.2) is 5.91 Å². The summed E-state index contributed by atoms with van der Waals surface area (Å²) in [5.74, 6) is -0.741. The van der Waals surface area contributed by atoms with Gasteiger partial charge in [-0.1, -0.05) is 18.2 Å². The predicted molar refractivity (Wildman–Crippen MR) is 81.4 cm³/mol. The molecule has 3 aromatic rings. The molecular weight excluding hydrogens is 321 g/mol. The maximum atomic E-state index is 12.6. The Bertz CT molecular complexity index is 974. The van der Waals surface area contributed by atoms with Gasteiger partial charge in [-0.3, -0.25) is 4.79 Å². The zero-order valence-electron chi connectivity index (χ0n) is 12.2. The maximum absolute atomic E-state index is 12.6. The van der Waals surface area contributed by atoms with Crippen LogP contribution in [0.25, 0.3) is 11.0 Å². The number of halogens is 3. The van der Waals surface area contributed by atoms with Crippen molar-refractivity contribution in [1.82, 2.24) is 0 Å². The molecule has 0 unspecified atom stereocenters. The second kappa shape index (κ2) is 5.84. The van der Waals surface area contributed by atoms with Crippen molar-refractivity contribution < 1.29 is 22.4 Å². The van der Waals surface area contributed by atoms with Gasteiger partial charge in [-0.15, -0.1) is 0 Å². The highest BCUT2D eigenvalue weighted by molar-refractivity contribution is 5.95. The van der Waals surface area contributed by atoms with Crippen molar-refractivity contribution >= 4 is 22.6 Å². The monoisotopic (exact) mass is 332 g/mol. The average Bonchev–Trinajstić information content (AvgIpc) is 2.53. The zero-order chi connectivity index (χ0) is 17.3. The molecule has 3 rings (SSSR count). The van der Waals surface area contributed by atoms with Crippen molar-refractivity contribution in [1.29, 1.82) is 0 Å². The van der Waals surface area contributed by atoms with E-state index in [0.29, 0.717) is 11.0 Å². The first-order valence-electron chi connectivity index (χ1n) is 6.89. The van der Waals surface area contributed by atoms with Crippen LogP contribution < -0.4 is 11.3 Å². The summed E-state index contributed by atoms with van der Waals surface area (Å²) in [5.41, 5.74) is 5.23. The Morgan fingerprint density at radius 1 is 1.04 bits per heavy atom. The fraction of sp³-hybridized carbons (Fsp3) is 0.0588. The molecule has 0 aliphatic rings. The van der Waals surface area contributed by atoms with E-state index in [2.05, 4.69) is 4.99 Å². The first-order chi connectivity index (χ1) is 11.3. The normalized spacial score (nSPS) is 12.5. The molecule has 0 aliphatic heterocycles. The number of nitrogens with zero attached hydrogens (tertiary/aromatic N) is 1. The van der Waals surface area contributed by atoms with Gasteiger partial charge in [-0.25, -0.2) is 4.99 Å². The minimum absolute atomic E-state index is 0.0496. The summed E-state index contributed by atoms with van der Waals surface area (Å²) < 4.78 is 43.3. The summed E-state index contributed by atoms with van der Waals surface area (Å²) >= 11 is 0. The molecule has 0 bridgehead atoms. The highest BCUT2D eigenvalue weighted by atomic mass is 19.4. The van der Waals surface area contributed by atoms with Crippen molar-refractivity contribution in [2.24, 2.45) is 10.7 Å². The number of hydrogen-bond donors (Lipinski definition) is 1. The van der Waals surface area contributed by atoms with Gasteiger partial charge < -0.3 is 10.2 Å². The summed E-state index contributed by atoms with van der Waals surface area (Å²) in [4.78, 5) is 15.7. The first-order valence-corrected chi connectivity index (χ1v) is 6.89. The molecule has 0 aliphatic carbocycles. The molecule has 0 spiro atoms. The Hall–Kier alpha value is -3.09. The number of hydrogen-bond acceptors (Lipinski definition) is 3. The van der Waals surface area contributed by atoms with E-state index in [1.165, 1.54) is 18.2 Å². The van der Waals surface area contributed by atoms with Crippen molar-refractivity contribution in [3.05, 3.63) is 71.3 Å². The number of carbonyl (C=O) groups excluding carboxylic acids is 1. The van der Waals surface area contributed by atoms with Gasteiger partial charge in [0.1, 0.15) is 11.1 Å². The van der Waals surface area contributed by atoms with Crippen molar-refractivity contribution in [2.75, 3.05) is 0 Å². The van der Waals surface area contributed by atoms with Gasteiger partial charge in [0.2, 0.25) is 5.55 Å². The summed E-state index contributed by atoms with van der Waals surface area (Å²) in [6.07, 6.45) is -4.43. The number of nitrogens with two attached hydrogens (primary N) is 1. The van der Waals surface area contributed by atoms with Gasteiger partial charge in [0.05, 0.1) is 11.3 Å². The Morgan fingerprint density at radius 2 is 1.71 bits per heavy atom. The third-order valence-electron chi connectivity index (χ3n) is 3.35. The third-order valence-corrected chi connectivity index (χ3v) is 3.35. The van der Waals surface area contributed by atoms with Crippen LogP contribution in [0.4, 0.5) is 18.9 Å². The molecule has 0 radical (unpaired) electrons. The molecule has 7 heteroatoms. The van der Waals surface area contributed by atoms with Crippen molar-refractivity contribution in [2.45, 2.75) is 6.18 Å². The number of fused-ring (bicyclic) bond motifs is 1. The van der Waals surface area contributed by atoms with Gasteiger partial charge in [0, 0.05) is 5.39 Å². The quantitative estimate of drug-likeness (QED) is 0.776. The van der Waals surface area contributed by atoms with Gasteiger partial charge in [0.25, 0.3) is 5.91 Å². The number of carbonyl (C=O) groups is 1. The Balaban J connectivity index is 2.15. The lowest BCUT2D eigenvalue weighted by molar-refractivity contribution is -0.137. The third kappa shape index (κ3) is 3.15. The van der Waals surface area contributed by atoms with E-state index in [1.54, 1.807) is 24.3 Å². The van der Waals surface area contributed by atoms with Gasteiger partial charge in [0.15, 0.2) is 0 Å². The highest BCUT2D eigenvalue weighted by Gasteiger charge is 2.29. The van der Waals surface area contributed by atoms with Crippen LogP contribution in [0.15, 0.2) is 64.0 Å². The maximum Gasteiger partial charge on any atom is 0.416 e. The Kier molecular flexibility index (Phi) is 3.84. The molecule has 1 heterocycles. The van der Waals surface area contributed by atoms with E-state index in [9.17, 15) is 18.0 Å². The predicted octanol–water partition coefficient (Wildman–Crippen LogP) is 3.78. The number of benzene rings is 2. The molecular formula is C17H11F3N2O2. The zero-order valence-corrected chi connectivity index (χ0v) is 12.2. The lowest BCUT2D eigenvalue weighted by Crippen LogP contribution is -2.21. The van der Waals surface area contributed by atoms with E-state index in [4.69, 9.17) is 10.2 Å². The SMILES string of the molecule is NC(=O)c1cc2ccccc2oc1=Nc1ccc(C(F)(F)F)cc1. The molecule has 1 aromatic heterocycles. The largest absolute Gasteiger partial charge is 0.438 e. The molecule has 24 heavy (non-hydrogen) atoms. The summed E-state index contributed by atoms with van der Waals surface area (Å²) in [6.45, 7) is 0. The second-order valence-corrected chi connectivity index (χ2v) is 5.02. The van der Waals surface area contributed by atoms with E-state index < -0.39 is 17.6 Å².